The Morgan fingerprint density at radius 3 is 2.62 bits per heavy atom. The van der Waals surface area contributed by atoms with Gasteiger partial charge < -0.3 is 10.6 Å². The number of benzene rings is 1. The van der Waals surface area contributed by atoms with Crippen molar-refractivity contribution in [3.8, 4) is 0 Å². The van der Waals surface area contributed by atoms with Crippen LogP contribution in [-0.2, 0) is 11.2 Å². The molecule has 114 valence electrons. The topological polar surface area (TPSA) is 46.3 Å². The highest BCUT2D eigenvalue weighted by molar-refractivity contribution is 5.96. The molecule has 1 heterocycles. The molecule has 1 fully saturated rings. The van der Waals surface area contributed by atoms with Crippen molar-refractivity contribution in [3.63, 3.8) is 0 Å². The van der Waals surface area contributed by atoms with E-state index in [1.807, 2.05) is 6.07 Å². The van der Waals surface area contributed by atoms with E-state index in [-0.39, 0.29) is 5.92 Å². The molecule has 3 heteroatoms. The van der Waals surface area contributed by atoms with Gasteiger partial charge in [-0.1, -0.05) is 18.2 Å². The molecule has 21 heavy (non-hydrogen) atoms. The Balaban J connectivity index is 1.78. The van der Waals surface area contributed by atoms with E-state index in [4.69, 9.17) is 5.73 Å². The summed E-state index contributed by atoms with van der Waals surface area (Å²) < 4.78 is 0. The van der Waals surface area contributed by atoms with E-state index in [9.17, 15) is 4.79 Å². The molecule has 1 aliphatic carbocycles. The van der Waals surface area contributed by atoms with Gasteiger partial charge in [-0.05, 0) is 69.5 Å². The number of para-hydroxylation sites is 1. The average Bonchev–Trinajstić information content (AvgIpc) is 2.54. The van der Waals surface area contributed by atoms with Crippen molar-refractivity contribution in [3.05, 3.63) is 29.8 Å². The van der Waals surface area contributed by atoms with Crippen molar-refractivity contribution in [1.29, 1.82) is 0 Å². The first-order valence-electron chi connectivity index (χ1n) is 8.31. The maximum absolute atomic E-state index is 13.0. The lowest BCUT2D eigenvalue weighted by Crippen LogP contribution is -2.46. The number of hydrogen-bond acceptors (Lipinski definition) is 2. The summed E-state index contributed by atoms with van der Waals surface area (Å²) in [6, 6.07) is 8.70. The fourth-order valence-electron chi connectivity index (χ4n) is 3.87. The lowest BCUT2D eigenvalue weighted by Gasteiger charge is -2.39. The van der Waals surface area contributed by atoms with E-state index in [0.717, 1.165) is 50.8 Å². The highest BCUT2D eigenvalue weighted by Crippen LogP contribution is 2.35. The van der Waals surface area contributed by atoms with Crippen molar-refractivity contribution in [2.45, 2.75) is 51.5 Å². The number of hydrogen-bond donors (Lipinski definition) is 1. The summed E-state index contributed by atoms with van der Waals surface area (Å²) in [5, 5.41) is 0. The first-order chi connectivity index (χ1) is 10.2. The van der Waals surface area contributed by atoms with E-state index in [1.54, 1.807) is 0 Å². The molecule has 1 atom stereocenters. The highest BCUT2D eigenvalue weighted by atomic mass is 16.2. The molecular formula is C18H26N2O. The smallest absolute Gasteiger partial charge is 0.230 e. The molecule has 2 N–H and O–H groups in total. The Morgan fingerprint density at radius 2 is 1.90 bits per heavy atom. The van der Waals surface area contributed by atoms with Gasteiger partial charge in [0, 0.05) is 17.6 Å². The molecule has 1 aromatic rings. The molecule has 3 rings (SSSR count). The highest BCUT2D eigenvalue weighted by Gasteiger charge is 2.34. The van der Waals surface area contributed by atoms with Crippen molar-refractivity contribution in [1.82, 2.24) is 0 Å². The van der Waals surface area contributed by atoms with Crippen LogP contribution in [0.3, 0.4) is 0 Å². The molecule has 1 saturated carbocycles. The molecule has 1 aromatic carbocycles. The van der Waals surface area contributed by atoms with E-state index in [0.29, 0.717) is 17.9 Å². The molecule has 0 aromatic heterocycles. The van der Waals surface area contributed by atoms with Gasteiger partial charge in [-0.25, -0.2) is 0 Å². The average molecular weight is 286 g/mol. The number of carbonyl (C=O) groups excluding carboxylic acids is 1. The Kier molecular flexibility index (Phi) is 4.29. The van der Waals surface area contributed by atoms with Crippen LogP contribution < -0.4 is 10.6 Å². The molecule has 1 amide bonds. The van der Waals surface area contributed by atoms with Crippen LogP contribution >= 0.6 is 0 Å². The summed E-state index contributed by atoms with van der Waals surface area (Å²) in [5.41, 5.74) is 8.22. The Morgan fingerprint density at radius 1 is 1.19 bits per heavy atom. The van der Waals surface area contributed by atoms with Gasteiger partial charge in [0.15, 0.2) is 0 Å². The molecule has 1 aliphatic heterocycles. The second-order valence-electron chi connectivity index (χ2n) is 6.68. The van der Waals surface area contributed by atoms with Crippen LogP contribution in [0.25, 0.3) is 0 Å². The number of fused-ring (bicyclic) bond motifs is 1. The lowest BCUT2D eigenvalue weighted by atomic mass is 9.80. The van der Waals surface area contributed by atoms with Crippen LogP contribution in [0, 0.1) is 11.8 Å². The molecular weight excluding hydrogens is 260 g/mol. The summed E-state index contributed by atoms with van der Waals surface area (Å²) in [4.78, 5) is 15.1. The molecule has 0 spiro atoms. The minimum absolute atomic E-state index is 0.196. The molecule has 2 aliphatic rings. The standard InChI is InChI=1S/C18H26N2O/c1-13-6-9-15-4-2-3-5-17(15)20(13)18(21)16-10-7-14(12-19)8-11-16/h2-5,13-14,16H,6-12,19H2,1H3. The Bertz CT molecular complexity index is 506. The van der Waals surface area contributed by atoms with Gasteiger partial charge in [-0.3, -0.25) is 4.79 Å². The minimum Gasteiger partial charge on any atom is -0.330 e. The summed E-state index contributed by atoms with van der Waals surface area (Å²) >= 11 is 0. The molecule has 0 saturated heterocycles. The third-order valence-corrected chi connectivity index (χ3v) is 5.29. The van der Waals surface area contributed by atoms with Crippen molar-refractivity contribution in [2.75, 3.05) is 11.4 Å². The van der Waals surface area contributed by atoms with Crippen LogP contribution in [-0.4, -0.2) is 18.5 Å². The van der Waals surface area contributed by atoms with Crippen molar-refractivity contribution in [2.24, 2.45) is 17.6 Å². The number of nitrogens with zero attached hydrogens (tertiary/aromatic N) is 1. The van der Waals surface area contributed by atoms with Gasteiger partial charge in [0.1, 0.15) is 0 Å². The first kappa shape index (κ1) is 14.6. The first-order valence-corrected chi connectivity index (χ1v) is 8.31. The summed E-state index contributed by atoms with van der Waals surface area (Å²) in [6.45, 7) is 2.95. The SMILES string of the molecule is CC1CCc2ccccc2N1C(=O)C1CCC(CN)CC1. The molecule has 3 nitrogen and oxygen atoms in total. The normalized spacial score (nSPS) is 29.0. The third-order valence-electron chi connectivity index (χ3n) is 5.29. The van der Waals surface area contributed by atoms with Gasteiger partial charge >= 0.3 is 0 Å². The maximum Gasteiger partial charge on any atom is 0.230 e. The monoisotopic (exact) mass is 286 g/mol. The third kappa shape index (κ3) is 2.84. The maximum atomic E-state index is 13.0. The molecule has 0 bridgehead atoms. The fraction of sp³-hybridized carbons (Fsp3) is 0.611. The van der Waals surface area contributed by atoms with E-state index in [2.05, 4.69) is 30.0 Å². The largest absolute Gasteiger partial charge is 0.330 e. The van der Waals surface area contributed by atoms with Crippen LogP contribution in [0.1, 0.15) is 44.6 Å². The predicted octanol–water partition coefficient (Wildman–Crippen LogP) is 3.12. The summed E-state index contributed by atoms with van der Waals surface area (Å²) in [7, 11) is 0. The van der Waals surface area contributed by atoms with Gasteiger partial charge in [-0.15, -0.1) is 0 Å². The second-order valence-corrected chi connectivity index (χ2v) is 6.68. The van der Waals surface area contributed by atoms with Crippen LogP contribution in [0.2, 0.25) is 0 Å². The number of anilines is 1. The fourth-order valence-corrected chi connectivity index (χ4v) is 3.87. The van der Waals surface area contributed by atoms with Crippen molar-refractivity contribution < 1.29 is 4.79 Å². The van der Waals surface area contributed by atoms with E-state index in [1.165, 1.54) is 5.56 Å². The van der Waals surface area contributed by atoms with Gasteiger partial charge in [-0.2, -0.15) is 0 Å². The van der Waals surface area contributed by atoms with Crippen molar-refractivity contribution >= 4 is 11.6 Å². The lowest BCUT2D eigenvalue weighted by molar-refractivity contribution is -0.124. The predicted molar refractivity (Wildman–Crippen MR) is 86.2 cm³/mol. The van der Waals surface area contributed by atoms with Gasteiger partial charge in [0.2, 0.25) is 5.91 Å². The summed E-state index contributed by atoms with van der Waals surface area (Å²) in [6.07, 6.45) is 6.38. The second kappa shape index (κ2) is 6.18. The van der Waals surface area contributed by atoms with Crippen LogP contribution in [0.15, 0.2) is 24.3 Å². The zero-order valence-corrected chi connectivity index (χ0v) is 12.9. The number of aryl methyl sites for hydroxylation is 1. The Labute approximate surface area is 127 Å². The molecule has 1 unspecified atom stereocenters. The number of rotatable bonds is 2. The number of amides is 1. The summed E-state index contributed by atoms with van der Waals surface area (Å²) in [5.74, 6) is 1.16. The quantitative estimate of drug-likeness (QED) is 0.908. The number of carbonyl (C=O) groups is 1. The van der Waals surface area contributed by atoms with Crippen LogP contribution in [0.5, 0.6) is 0 Å². The zero-order chi connectivity index (χ0) is 14.8. The zero-order valence-electron chi connectivity index (χ0n) is 12.9. The van der Waals surface area contributed by atoms with Gasteiger partial charge in [0.25, 0.3) is 0 Å². The molecule has 0 radical (unpaired) electrons. The van der Waals surface area contributed by atoms with E-state index >= 15 is 0 Å². The minimum atomic E-state index is 0.196. The van der Waals surface area contributed by atoms with Gasteiger partial charge in [0.05, 0.1) is 0 Å². The number of nitrogens with two attached hydrogens (primary N) is 1. The van der Waals surface area contributed by atoms with Crippen LogP contribution in [0.4, 0.5) is 5.69 Å². The van der Waals surface area contributed by atoms with E-state index < -0.39 is 0 Å². The Hall–Kier alpha value is -1.35.